The van der Waals surface area contributed by atoms with Crippen LogP contribution in [0.3, 0.4) is 0 Å². The van der Waals surface area contributed by atoms with E-state index in [1.165, 1.54) is 0 Å². The summed E-state index contributed by atoms with van der Waals surface area (Å²) in [6, 6.07) is 0. The predicted molar refractivity (Wildman–Crippen MR) is 90.5 cm³/mol. The largest absolute Gasteiger partial charge is 0.465 e. The van der Waals surface area contributed by atoms with E-state index in [0.717, 1.165) is 23.9 Å². The predicted octanol–water partition coefficient (Wildman–Crippen LogP) is 3.31. The van der Waals surface area contributed by atoms with E-state index in [-0.39, 0.29) is 5.97 Å². The van der Waals surface area contributed by atoms with E-state index in [1.54, 1.807) is 11.3 Å². The maximum absolute atomic E-state index is 12.1. The quantitative estimate of drug-likeness (QED) is 0.793. The van der Waals surface area contributed by atoms with Gasteiger partial charge in [-0.1, -0.05) is 13.8 Å². The summed E-state index contributed by atoms with van der Waals surface area (Å²) in [6.07, 6.45) is 0. The van der Waals surface area contributed by atoms with Crippen LogP contribution in [0.25, 0.3) is 0 Å². The van der Waals surface area contributed by atoms with E-state index in [1.807, 2.05) is 37.9 Å². The van der Waals surface area contributed by atoms with Gasteiger partial charge in [0.15, 0.2) is 5.13 Å². The van der Waals surface area contributed by atoms with Crippen molar-refractivity contribution >= 4 is 34.2 Å². The third-order valence-corrected chi connectivity index (χ3v) is 5.74. The fourth-order valence-corrected chi connectivity index (χ4v) is 4.79. The van der Waals surface area contributed by atoms with Gasteiger partial charge in [0.25, 0.3) is 0 Å². The number of thioether (sulfide) groups is 1. The number of esters is 1. The smallest absolute Gasteiger partial charge is 0.317 e. The molecule has 1 fully saturated rings. The summed E-state index contributed by atoms with van der Waals surface area (Å²) in [7, 11) is 0. The van der Waals surface area contributed by atoms with Gasteiger partial charge < -0.3 is 9.64 Å². The van der Waals surface area contributed by atoms with Gasteiger partial charge >= 0.3 is 5.97 Å². The summed E-state index contributed by atoms with van der Waals surface area (Å²) >= 11 is 3.64. The lowest BCUT2D eigenvalue weighted by Crippen LogP contribution is -2.40. The van der Waals surface area contributed by atoms with Gasteiger partial charge in [-0.2, -0.15) is 11.8 Å². The molecule has 6 heteroatoms. The number of carbonyl (C=O) groups is 1. The fraction of sp³-hybridized carbons (Fsp3) is 0.733. The second kappa shape index (κ2) is 6.57. The second-order valence-corrected chi connectivity index (χ2v) is 8.74. The first-order chi connectivity index (χ1) is 9.84. The molecule has 0 radical (unpaired) electrons. The van der Waals surface area contributed by atoms with Crippen molar-refractivity contribution in [3.05, 3.63) is 11.1 Å². The Kier molecular flexibility index (Phi) is 5.20. The average molecular weight is 329 g/mol. The molecular formula is C15H24N2O2S2. The molecule has 0 saturated carbocycles. The highest BCUT2D eigenvalue weighted by Crippen LogP contribution is 2.33. The molecule has 1 aliphatic heterocycles. The normalized spacial score (nSPS) is 23.2. The molecular weight excluding hydrogens is 304 g/mol. The van der Waals surface area contributed by atoms with E-state index in [4.69, 9.17) is 9.72 Å². The zero-order valence-electron chi connectivity index (χ0n) is 13.4. The van der Waals surface area contributed by atoms with Gasteiger partial charge in [0, 0.05) is 29.0 Å². The Morgan fingerprint density at radius 3 is 2.62 bits per heavy atom. The molecule has 2 atom stereocenters. The van der Waals surface area contributed by atoms with Crippen LogP contribution in [0.2, 0.25) is 0 Å². The van der Waals surface area contributed by atoms with Crippen molar-refractivity contribution in [3.63, 3.8) is 0 Å². The zero-order chi connectivity index (χ0) is 15.6. The SMILES string of the molecule is CCOC(=O)C(C)(C)c1csc(N2CC(C)SC(C)C2)n1. The molecule has 0 spiro atoms. The Balaban J connectivity index is 2.15. The first-order valence-corrected chi connectivity index (χ1v) is 9.20. The molecule has 2 unspecified atom stereocenters. The van der Waals surface area contributed by atoms with Gasteiger partial charge in [0.2, 0.25) is 0 Å². The Labute approximate surface area is 135 Å². The molecule has 1 aromatic heterocycles. The second-order valence-electron chi connectivity index (χ2n) is 6.02. The van der Waals surface area contributed by atoms with Crippen LogP contribution >= 0.6 is 23.1 Å². The molecule has 1 aliphatic rings. The summed E-state index contributed by atoms with van der Waals surface area (Å²) in [5.74, 6) is -0.210. The summed E-state index contributed by atoms with van der Waals surface area (Å²) < 4.78 is 5.16. The van der Waals surface area contributed by atoms with Gasteiger partial charge in [-0.05, 0) is 20.8 Å². The minimum atomic E-state index is -0.688. The molecule has 0 N–H and O–H groups in total. The van der Waals surface area contributed by atoms with E-state index in [0.29, 0.717) is 17.1 Å². The number of anilines is 1. The molecule has 2 heterocycles. The van der Waals surface area contributed by atoms with Crippen LogP contribution in [0.5, 0.6) is 0 Å². The first-order valence-electron chi connectivity index (χ1n) is 7.38. The van der Waals surface area contributed by atoms with Crippen molar-refractivity contribution in [2.45, 2.75) is 50.5 Å². The van der Waals surface area contributed by atoms with Crippen LogP contribution in [0.4, 0.5) is 5.13 Å². The van der Waals surface area contributed by atoms with Gasteiger partial charge in [0.05, 0.1) is 12.3 Å². The number of thiazole rings is 1. The van der Waals surface area contributed by atoms with E-state index in [9.17, 15) is 4.79 Å². The van der Waals surface area contributed by atoms with Gasteiger partial charge in [-0.15, -0.1) is 11.3 Å². The lowest BCUT2D eigenvalue weighted by atomic mass is 9.90. The van der Waals surface area contributed by atoms with E-state index < -0.39 is 5.41 Å². The van der Waals surface area contributed by atoms with Crippen LogP contribution in [0, 0.1) is 0 Å². The number of hydrogen-bond acceptors (Lipinski definition) is 6. The van der Waals surface area contributed by atoms with Crippen molar-refractivity contribution in [3.8, 4) is 0 Å². The Bertz CT molecular complexity index is 492. The fourth-order valence-electron chi connectivity index (χ4n) is 2.45. The molecule has 21 heavy (non-hydrogen) atoms. The van der Waals surface area contributed by atoms with E-state index >= 15 is 0 Å². The summed E-state index contributed by atoms with van der Waals surface area (Å²) in [6.45, 7) is 12.5. The number of hydrogen-bond donors (Lipinski definition) is 0. The molecule has 2 rings (SSSR count). The molecule has 1 aromatic rings. The third-order valence-electron chi connectivity index (χ3n) is 3.61. The number of nitrogens with zero attached hydrogens (tertiary/aromatic N) is 2. The maximum Gasteiger partial charge on any atom is 0.317 e. The molecule has 0 amide bonds. The monoisotopic (exact) mass is 328 g/mol. The van der Waals surface area contributed by atoms with Crippen molar-refractivity contribution in [1.82, 2.24) is 4.98 Å². The lowest BCUT2D eigenvalue weighted by molar-refractivity contribution is -0.148. The van der Waals surface area contributed by atoms with Gasteiger partial charge in [-0.25, -0.2) is 4.98 Å². The average Bonchev–Trinajstić information content (AvgIpc) is 2.88. The first kappa shape index (κ1) is 16.6. The van der Waals surface area contributed by atoms with Crippen molar-refractivity contribution in [1.29, 1.82) is 0 Å². The maximum atomic E-state index is 12.1. The molecule has 4 nitrogen and oxygen atoms in total. The van der Waals surface area contributed by atoms with Crippen molar-refractivity contribution in [2.24, 2.45) is 0 Å². The van der Waals surface area contributed by atoms with Crippen molar-refractivity contribution < 1.29 is 9.53 Å². The highest BCUT2D eigenvalue weighted by atomic mass is 32.2. The molecule has 0 bridgehead atoms. The van der Waals surface area contributed by atoms with Crippen molar-refractivity contribution in [2.75, 3.05) is 24.6 Å². The summed E-state index contributed by atoms with van der Waals surface area (Å²) in [4.78, 5) is 19.1. The van der Waals surface area contributed by atoms with Crippen LogP contribution in [0.1, 0.15) is 40.3 Å². The van der Waals surface area contributed by atoms with E-state index in [2.05, 4.69) is 18.7 Å². The minimum Gasteiger partial charge on any atom is -0.465 e. The van der Waals surface area contributed by atoms with Gasteiger partial charge in [-0.3, -0.25) is 4.79 Å². The Morgan fingerprint density at radius 2 is 2.05 bits per heavy atom. The number of aromatic nitrogens is 1. The third kappa shape index (κ3) is 3.72. The molecule has 1 saturated heterocycles. The van der Waals surface area contributed by atoms with Crippen LogP contribution in [0.15, 0.2) is 5.38 Å². The highest BCUT2D eigenvalue weighted by molar-refractivity contribution is 8.00. The highest BCUT2D eigenvalue weighted by Gasteiger charge is 2.35. The topological polar surface area (TPSA) is 42.4 Å². The van der Waals surface area contributed by atoms with Crippen LogP contribution < -0.4 is 4.90 Å². The van der Waals surface area contributed by atoms with Crippen LogP contribution in [-0.4, -0.2) is 41.1 Å². The molecule has 118 valence electrons. The zero-order valence-corrected chi connectivity index (χ0v) is 15.0. The number of ether oxygens (including phenoxy) is 1. The molecule has 0 aliphatic carbocycles. The molecule has 0 aromatic carbocycles. The number of rotatable bonds is 4. The Hall–Kier alpha value is -0.750. The summed E-state index contributed by atoms with van der Waals surface area (Å²) in [5.41, 5.74) is 0.117. The lowest BCUT2D eigenvalue weighted by Gasteiger charge is -2.34. The standard InChI is InChI=1S/C15H24N2O2S2/c1-6-19-13(18)15(4,5)12-9-20-14(16-12)17-7-10(2)21-11(3)8-17/h9-11H,6-8H2,1-5H3. The minimum absolute atomic E-state index is 0.210. The number of carbonyl (C=O) groups excluding carboxylic acids is 1. The van der Waals surface area contributed by atoms with Crippen LogP contribution in [-0.2, 0) is 14.9 Å². The Morgan fingerprint density at radius 1 is 1.43 bits per heavy atom. The van der Waals surface area contributed by atoms with Gasteiger partial charge in [0.1, 0.15) is 5.41 Å². The summed E-state index contributed by atoms with van der Waals surface area (Å²) in [5, 5.41) is 4.23.